The molecule has 0 spiro atoms. The number of aliphatic hydroxyl groups excluding tert-OH is 1. The van der Waals surface area contributed by atoms with E-state index in [1.807, 2.05) is 32.9 Å². The summed E-state index contributed by atoms with van der Waals surface area (Å²) in [5.74, 6) is 0.0246. The summed E-state index contributed by atoms with van der Waals surface area (Å²) >= 11 is 0. The zero-order valence-electron chi connectivity index (χ0n) is 11.6. The molecule has 0 saturated carbocycles. The van der Waals surface area contributed by atoms with Crippen molar-refractivity contribution in [2.75, 3.05) is 6.54 Å². The molecule has 0 bridgehead atoms. The third kappa shape index (κ3) is 4.45. The molecule has 1 heterocycles. The lowest BCUT2D eigenvalue weighted by atomic mass is 10.1. The highest BCUT2D eigenvalue weighted by atomic mass is 16.3. The number of carbonyl (C=O) groups is 1. The number of aryl methyl sites for hydroxylation is 1. The van der Waals surface area contributed by atoms with Gasteiger partial charge in [-0.05, 0) is 39.3 Å². The van der Waals surface area contributed by atoms with Crippen LogP contribution < -0.4 is 0 Å². The van der Waals surface area contributed by atoms with Crippen molar-refractivity contribution in [1.82, 2.24) is 9.88 Å². The SMILES string of the molecule is Cc1ccc(CC(=O)N(CC(C)O)C(C)C)cn1. The number of pyridine rings is 1. The standard InChI is InChI=1S/C14H22N2O2/c1-10(2)16(9-12(4)17)14(18)7-13-6-5-11(3)15-8-13/h5-6,8,10,12,17H,7,9H2,1-4H3. The number of aliphatic hydroxyl groups is 1. The summed E-state index contributed by atoms with van der Waals surface area (Å²) in [4.78, 5) is 18.0. The molecule has 0 aliphatic heterocycles. The van der Waals surface area contributed by atoms with E-state index in [0.717, 1.165) is 11.3 Å². The largest absolute Gasteiger partial charge is 0.392 e. The highest BCUT2D eigenvalue weighted by Gasteiger charge is 2.18. The Balaban J connectivity index is 2.69. The molecule has 0 aromatic carbocycles. The van der Waals surface area contributed by atoms with Crippen LogP contribution in [0.4, 0.5) is 0 Å². The second-order valence-corrected chi connectivity index (χ2v) is 4.97. The molecular weight excluding hydrogens is 228 g/mol. The highest BCUT2D eigenvalue weighted by molar-refractivity contribution is 5.79. The van der Waals surface area contributed by atoms with Crippen molar-refractivity contribution in [3.8, 4) is 0 Å². The van der Waals surface area contributed by atoms with Gasteiger partial charge in [-0.1, -0.05) is 6.07 Å². The van der Waals surface area contributed by atoms with Gasteiger partial charge in [0.1, 0.15) is 0 Å². The van der Waals surface area contributed by atoms with Gasteiger partial charge >= 0.3 is 0 Å². The Hall–Kier alpha value is -1.42. The van der Waals surface area contributed by atoms with Gasteiger partial charge in [0.25, 0.3) is 0 Å². The quantitative estimate of drug-likeness (QED) is 0.862. The van der Waals surface area contributed by atoms with Crippen molar-refractivity contribution in [3.05, 3.63) is 29.6 Å². The van der Waals surface area contributed by atoms with Crippen molar-refractivity contribution >= 4 is 5.91 Å². The van der Waals surface area contributed by atoms with E-state index in [0.29, 0.717) is 13.0 Å². The van der Waals surface area contributed by atoms with Gasteiger partial charge in [-0.3, -0.25) is 9.78 Å². The predicted octanol–water partition coefficient (Wildman–Crippen LogP) is 1.55. The first-order chi connectivity index (χ1) is 8.40. The molecule has 4 nitrogen and oxygen atoms in total. The summed E-state index contributed by atoms with van der Waals surface area (Å²) in [6.45, 7) is 7.88. The molecule has 1 unspecified atom stereocenters. The zero-order chi connectivity index (χ0) is 13.7. The Labute approximate surface area is 109 Å². The van der Waals surface area contributed by atoms with Gasteiger partial charge in [-0.15, -0.1) is 0 Å². The van der Waals surface area contributed by atoms with Gasteiger partial charge < -0.3 is 10.0 Å². The first-order valence-corrected chi connectivity index (χ1v) is 6.29. The summed E-state index contributed by atoms with van der Waals surface area (Å²) in [5, 5.41) is 9.42. The van der Waals surface area contributed by atoms with Gasteiger partial charge in [-0.25, -0.2) is 0 Å². The number of hydrogen-bond acceptors (Lipinski definition) is 3. The van der Waals surface area contributed by atoms with Crippen molar-refractivity contribution in [1.29, 1.82) is 0 Å². The van der Waals surface area contributed by atoms with Crippen molar-refractivity contribution in [3.63, 3.8) is 0 Å². The van der Waals surface area contributed by atoms with E-state index < -0.39 is 6.10 Å². The van der Waals surface area contributed by atoms with Crippen LogP contribution in [0.5, 0.6) is 0 Å². The maximum absolute atomic E-state index is 12.2. The highest BCUT2D eigenvalue weighted by Crippen LogP contribution is 2.07. The molecule has 0 fully saturated rings. The lowest BCUT2D eigenvalue weighted by Crippen LogP contribution is -2.42. The number of rotatable bonds is 5. The molecule has 100 valence electrons. The molecule has 1 atom stereocenters. The van der Waals surface area contributed by atoms with E-state index in [9.17, 15) is 9.90 Å². The molecule has 0 aliphatic rings. The van der Waals surface area contributed by atoms with Gasteiger partial charge in [0.15, 0.2) is 0 Å². The van der Waals surface area contributed by atoms with Crippen LogP contribution in [0.2, 0.25) is 0 Å². The van der Waals surface area contributed by atoms with E-state index in [4.69, 9.17) is 0 Å². The lowest BCUT2D eigenvalue weighted by molar-refractivity contribution is -0.133. The van der Waals surface area contributed by atoms with Crippen molar-refractivity contribution in [2.24, 2.45) is 0 Å². The third-order valence-corrected chi connectivity index (χ3v) is 2.73. The number of carbonyl (C=O) groups excluding carboxylic acids is 1. The molecule has 1 aromatic rings. The second kappa shape index (κ2) is 6.50. The van der Waals surface area contributed by atoms with Crippen LogP contribution in [0.3, 0.4) is 0 Å². The smallest absolute Gasteiger partial charge is 0.227 e. The summed E-state index contributed by atoms with van der Waals surface area (Å²) in [5.41, 5.74) is 1.85. The first-order valence-electron chi connectivity index (χ1n) is 6.29. The van der Waals surface area contributed by atoms with Crippen LogP contribution >= 0.6 is 0 Å². The van der Waals surface area contributed by atoms with Crippen LogP contribution in [-0.4, -0.2) is 39.6 Å². The molecule has 0 saturated heterocycles. The summed E-state index contributed by atoms with van der Waals surface area (Å²) < 4.78 is 0. The number of nitrogens with zero attached hydrogens (tertiary/aromatic N) is 2. The van der Waals surface area contributed by atoms with E-state index in [1.165, 1.54) is 0 Å². The minimum Gasteiger partial charge on any atom is -0.392 e. The summed E-state index contributed by atoms with van der Waals surface area (Å²) in [7, 11) is 0. The topological polar surface area (TPSA) is 53.4 Å². The van der Waals surface area contributed by atoms with E-state index in [-0.39, 0.29) is 11.9 Å². The van der Waals surface area contributed by atoms with Crippen LogP contribution in [0.1, 0.15) is 32.0 Å². The fraction of sp³-hybridized carbons (Fsp3) is 0.571. The number of hydrogen-bond donors (Lipinski definition) is 1. The fourth-order valence-corrected chi connectivity index (χ4v) is 1.76. The minimum absolute atomic E-state index is 0.0246. The van der Waals surface area contributed by atoms with Crippen LogP contribution in [-0.2, 0) is 11.2 Å². The number of amides is 1. The average molecular weight is 250 g/mol. The summed E-state index contributed by atoms with van der Waals surface area (Å²) in [6.07, 6.45) is 1.55. The van der Waals surface area contributed by atoms with Gasteiger partial charge in [0, 0.05) is 24.5 Å². The Morgan fingerprint density at radius 1 is 1.39 bits per heavy atom. The Morgan fingerprint density at radius 3 is 2.50 bits per heavy atom. The minimum atomic E-state index is -0.507. The van der Waals surface area contributed by atoms with E-state index in [1.54, 1.807) is 18.0 Å². The Kier molecular flexibility index (Phi) is 5.28. The molecular formula is C14H22N2O2. The van der Waals surface area contributed by atoms with Gasteiger partial charge in [0.2, 0.25) is 5.91 Å². The van der Waals surface area contributed by atoms with E-state index >= 15 is 0 Å². The van der Waals surface area contributed by atoms with Crippen molar-refractivity contribution < 1.29 is 9.90 Å². The monoisotopic (exact) mass is 250 g/mol. The predicted molar refractivity (Wildman–Crippen MR) is 71.2 cm³/mol. The maximum atomic E-state index is 12.2. The van der Waals surface area contributed by atoms with Crippen molar-refractivity contribution in [2.45, 2.75) is 46.3 Å². The molecule has 0 aliphatic carbocycles. The zero-order valence-corrected chi connectivity index (χ0v) is 11.6. The first kappa shape index (κ1) is 14.6. The summed E-state index contributed by atoms with van der Waals surface area (Å²) in [6, 6.07) is 3.91. The Bertz CT molecular complexity index is 385. The van der Waals surface area contributed by atoms with Gasteiger partial charge in [-0.2, -0.15) is 0 Å². The number of aromatic nitrogens is 1. The van der Waals surface area contributed by atoms with Crippen LogP contribution in [0.15, 0.2) is 18.3 Å². The fourth-order valence-electron chi connectivity index (χ4n) is 1.76. The second-order valence-electron chi connectivity index (χ2n) is 4.97. The molecule has 1 aromatic heterocycles. The van der Waals surface area contributed by atoms with E-state index in [2.05, 4.69) is 4.98 Å². The lowest BCUT2D eigenvalue weighted by Gasteiger charge is -2.28. The molecule has 1 rings (SSSR count). The molecule has 4 heteroatoms. The molecule has 0 radical (unpaired) electrons. The van der Waals surface area contributed by atoms with Gasteiger partial charge in [0.05, 0.1) is 12.5 Å². The van der Waals surface area contributed by atoms with Crippen LogP contribution in [0, 0.1) is 6.92 Å². The van der Waals surface area contributed by atoms with Crippen LogP contribution in [0.25, 0.3) is 0 Å². The average Bonchev–Trinajstić information content (AvgIpc) is 2.28. The maximum Gasteiger partial charge on any atom is 0.227 e. The Morgan fingerprint density at radius 2 is 2.06 bits per heavy atom. The molecule has 1 amide bonds. The molecule has 1 N–H and O–H groups in total. The third-order valence-electron chi connectivity index (χ3n) is 2.73. The molecule has 18 heavy (non-hydrogen) atoms. The normalized spacial score (nSPS) is 12.6.